The van der Waals surface area contributed by atoms with Gasteiger partial charge in [0.05, 0.1) is 0 Å². The van der Waals surface area contributed by atoms with Crippen molar-refractivity contribution in [2.24, 2.45) is 0 Å². The van der Waals surface area contributed by atoms with Gasteiger partial charge in [-0.1, -0.05) is 0 Å². The van der Waals surface area contributed by atoms with E-state index in [1.165, 1.54) is 70.5 Å². The molecule has 4 rings (SSSR count). The van der Waals surface area contributed by atoms with Crippen molar-refractivity contribution >= 4 is 46.4 Å². The van der Waals surface area contributed by atoms with Crippen LogP contribution in [-0.2, 0) is 44.5 Å². The van der Waals surface area contributed by atoms with Crippen molar-refractivity contribution in [1.82, 2.24) is 21.9 Å². The van der Waals surface area contributed by atoms with Crippen molar-refractivity contribution in [1.29, 1.82) is 0 Å². The van der Waals surface area contributed by atoms with Gasteiger partial charge >= 0.3 is 33.6 Å². The second-order valence-electron chi connectivity index (χ2n) is 8.21. The molecule has 2 radical (unpaired) electrons. The minimum atomic E-state index is -0.648. The number of rotatable bonds is 4. The van der Waals surface area contributed by atoms with Crippen molar-refractivity contribution in [3.05, 3.63) is 140 Å². The standard InChI is InChI=1S/4C7H7N2O2.2Co.4H2O/c4*8-6-3-1-5(2-4-6)7(10)9-11;;;;;;/h4*1-4H,(H3-,8,9,10,11);;;4*1H2/q4*-1;2*+2;;;;/p+2. The summed E-state index contributed by atoms with van der Waals surface area (Å²) in [7, 11) is 0. The van der Waals surface area contributed by atoms with Crippen LogP contribution in [0.1, 0.15) is 41.4 Å². The Morgan fingerprint density at radius 2 is 0.480 bits per heavy atom. The average Bonchev–Trinajstić information content (AvgIpc) is 3.05. The number of nitrogen functional groups attached to an aromatic ring is 4. The molecule has 0 atom stereocenters. The van der Waals surface area contributed by atoms with Gasteiger partial charge in [-0.05, 0) is 97.1 Å². The summed E-state index contributed by atoms with van der Waals surface area (Å²) >= 11 is 0. The second-order valence-corrected chi connectivity index (χ2v) is 8.21. The Morgan fingerprint density at radius 1 is 0.360 bits per heavy atom. The van der Waals surface area contributed by atoms with Gasteiger partial charge in [0.1, 0.15) is 0 Å². The maximum atomic E-state index is 10.7. The number of carbonyl (C=O) groups is 4. The zero-order chi connectivity index (χ0) is 33.1. The van der Waals surface area contributed by atoms with Gasteiger partial charge < -0.3 is 87.6 Å². The maximum Gasteiger partial charge on any atom is 2.00 e. The molecule has 4 aromatic rings. The zero-order valence-electron chi connectivity index (χ0n) is 25.6. The molecule has 22 N–H and O–H groups in total. The van der Waals surface area contributed by atoms with Crippen molar-refractivity contribution in [3.8, 4) is 0 Å². The summed E-state index contributed by atoms with van der Waals surface area (Å²) in [6.07, 6.45) is 0. The van der Waals surface area contributed by atoms with Crippen LogP contribution in [0.3, 0.4) is 0 Å². The molecule has 278 valence electrons. The fourth-order valence-corrected chi connectivity index (χ4v) is 2.77. The van der Waals surface area contributed by atoms with Crippen LogP contribution in [0.25, 0.3) is 0 Å². The van der Waals surface area contributed by atoms with Crippen LogP contribution in [0.5, 0.6) is 0 Å². The van der Waals surface area contributed by atoms with E-state index in [9.17, 15) is 40.0 Å². The van der Waals surface area contributed by atoms with Crippen LogP contribution in [-0.4, -0.2) is 34.6 Å². The molecular weight excluding hydrogens is 758 g/mol. The molecular formula is C28H38Co2N8O12+2. The molecule has 4 amide bonds. The molecule has 50 heavy (non-hydrogen) atoms. The topological polar surface area (TPSA) is 442 Å². The minimum absolute atomic E-state index is 0. The average molecular weight is 797 g/mol. The normalized spacial score (nSPS) is 8.08. The number of hydrogen-bond donors (Lipinski definition) is 8. The van der Waals surface area contributed by atoms with Crippen molar-refractivity contribution in [3.63, 3.8) is 0 Å². The fraction of sp³-hybridized carbons (Fsp3) is 0. The Morgan fingerprint density at radius 3 is 0.580 bits per heavy atom. The molecule has 0 aliphatic heterocycles. The van der Waals surface area contributed by atoms with E-state index in [0.29, 0.717) is 45.0 Å². The smallest absolute Gasteiger partial charge is 0.759 e. The number of hydroxylamine groups is 4. The number of benzene rings is 4. The molecule has 4 aromatic carbocycles. The van der Waals surface area contributed by atoms with E-state index in [-0.39, 0.29) is 55.5 Å². The third-order valence-electron chi connectivity index (χ3n) is 5.06. The largest absolute Gasteiger partial charge is 2.00 e. The summed E-state index contributed by atoms with van der Waals surface area (Å²) in [5.41, 5.74) is 30.0. The van der Waals surface area contributed by atoms with Gasteiger partial charge in [-0.15, -0.1) is 0 Å². The second kappa shape index (κ2) is 31.0. The minimum Gasteiger partial charge on any atom is -0.759 e. The molecule has 0 aliphatic carbocycles. The number of anilines is 4. The summed E-state index contributed by atoms with van der Waals surface area (Å²) in [5, 5.41) is 39.5. The summed E-state index contributed by atoms with van der Waals surface area (Å²) < 4.78 is 0. The molecule has 0 aromatic heterocycles. The predicted octanol–water partition coefficient (Wildman–Crippen LogP) is -1.51. The molecule has 0 fully saturated rings. The van der Waals surface area contributed by atoms with E-state index in [0.717, 1.165) is 0 Å². The SMILES string of the molecule is Nc1ccc(C(=O)N[O-])cc1.Nc1ccc(C(=O)N[O-])cc1.Nc1ccc(C(=O)N[O-])cc1.Nc1ccc(C(=O)N[O-])cc1.O.O.[Co+2].[Co+2].[OH3+].[OH3+]. The van der Waals surface area contributed by atoms with E-state index in [2.05, 4.69) is 0 Å². The molecule has 0 heterocycles. The summed E-state index contributed by atoms with van der Waals surface area (Å²) in [6, 6.07) is 24.4. The zero-order valence-corrected chi connectivity index (χ0v) is 27.7. The number of carbonyl (C=O) groups excluding carboxylic acids is 4. The molecule has 0 saturated carbocycles. The van der Waals surface area contributed by atoms with Gasteiger partial charge in [0.2, 0.25) is 23.6 Å². The van der Waals surface area contributed by atoms with Crippen LogP contribution in [0, 0.1) is 20.8 Å². The van der Waals surface area contributed by atoms with E-state index in [1.807, 2.05) is 0 Å². The van der Waals surface area contributed by atoms with Gasteiger partial charge in [-0.25, -0.2) is 0 Å². The van der Waals surface area contributed by atoms with Crippen LogP contribution in [0.15, 0.2) is 97.1 Å². The first kappa shape index (κ1) is 57.0. The summed E-state index contributed by atoms with van der Waals surface area (Å²) in [4.78, 5) is 42.6. The molecule has 22 heteroatoms. The number of nitrogens with one attached hydrogen (secondary N) is 4. The van der Waals surface area contributed by atoms with Gasteiger partial charge in [0.15, 0.2) is 0 Å². The first-order valence-corrected chi connectivity index (χ1v) is 12.1. The van der Waals surface area contributed by atoms with E-state index in [4.69, 9.17) is 22.9 Å². The molecule has 0 unspecified atom stereocenters. The Labute approximate surface area is 305 Å². The van der Waals surface area contributed by atoms with Gasteiger partial charge in [-0.2, -0.15) is 0 Å². The quantitative estimate of drug-likeness (QED) is 0.0664. The number of nitrogens with two attached hydrogens (primary N) is 4. The molecule has 0 bridgehead atoms. The molecule has 0 spiro atoms. The monoisotopic (exact) mass is 796 g/mol. The van der Waals surface area contributed by atoms with E-state index in [1.54, 1.807) is 48.5 Å². The third kappa shape index (κ3) is 21.5. The van der Waals surface area contributed by atoms with Crippen molar-refractivity contribution in [2.45, 2.75) is 0 Å². The molecule has 0 saturated heterocycles. The first-order valence-electron chi connectivity index (χ1n) is 12.1. The number of amides is 4. The van der Waals surface area contributed by atoms with Gasteiger partial charge in [0.25, 0.3) is 0 Å². The van der Waals surface area contributed by atoms with Crippen LogP contribution in [0.2, 0.25) is 0 Å². The van der Waals surface area contributed by atoms with Crippen LogP contribution in [0.4, 0.5) is 22.7 Å². The number of hydrogen-bond acceptors (Lipinski definition) is 12. The van der Waals surface area contributed by atoms with Crippen molar-refractivity contribution in [2.75, 3.05) is 22.9 Å². The van der Waals surface area contributed by atoms with Gasteiger partial charge in [0, 0.05) is 45.0 Å². The summed E-state index contributed by atoms with van der Waals surface area (Å²) in [6.45, 7) is 0. The Hall–Kier alpha value is -5.35. The first-order chi connectivity index (χ1) is 20.9. The third-order valence-corrected chi connectivity index (χ3v) is 5.06. The van der Waals surface area contributed by atoms with E-state index >= 15 is 0 Å². The Kier molecular flexibility index (Phi) is 35.3. The van der Waals surface area contributed by atoms with Gasteiger partial charge in [-0.3, -0.25) is 19.2 Å². The molecule has 20 nitrogen and oxygen atoms in total. The Balaban J connectivity index is -0.000000124. The fourth-order valence-electron chi connectivity index (χ4n) is 2.77. The van der Waals surface area contributed by atoms with E-state index < -0.39 is 23.6 Å². The Bertz CT molecular complexity index is 1270. The van der Waals surface area contributed by atoms with Crippen LogP contribution < -0.4 is 44.9 Å². The van der Waals surface area contributed by atoms with Crippen LogP contribution >= 0.6 is 0 Å². The maximum absolute atomic E-state index is 10.7. The van der Waals surface area contributed by atoms with Crippen molar-refractivity contribution < 1.29 is 74.6 Å². The predicted molar refractivity (Wildman–Crippen MR) is 184 cm³/mol. The molecule has 0 aliphatic rings. The summed E-state index contributed by atoms with van der Waals surface area (Å²) in [5.74, 6) is -2.59.